The molecule has 1 aromatic heterocycles. The van der Waals surface area contributed by atoms with Crippen LogP contribution in [0.1, 0.15) is 5.69 Å². The number of ether oxygens (including phenoxy) is 1. The summed E-state index contributed by atoms with van der Waals surface area (Å²) < 4.78 is 5.00. The van der Waals surface area contributed by atoms with Crippen molar-refractivity contribution in [2.24, 2.45) is 10.8 Å². The lowest BCUT2D eigenvalue weighted by molar-refractivity contribution is 0.171. The molecule has 18 heavy (non-hydrogen) atoms. The largest absolute Gasteiger partial charge is 0.414 e. The van der Waals surface area contributed by atoms with Gasteiger partial charge in [-0.25, -0.2) is 4.79 Å². The van der Waals surface area contributed by atoms with Gasteiger partial charge in [0.25, 0.3) is 0 Å². The Morgan fingerprint density at radius 3 is 2.83 bits per heavy atom. The Bertz CT molecular complexity index is 458. The molecule has 0 saturated heterocycles. The first-order valence-electron chi connectivity index (χ1n) is 4.92. The third-order valence-electron chi connectivity index (χ3n) is 1.70. The molecule has 7 nitrogen and oxygen atoms in total. The highest BCUT2D eigenvalue weighted by molar-refractivity contribution is 7.80. The predicted octanol–water partition coefficient (Wildman–Crippen LogP) is 0.309. The monoisotopic (exact) mass is 267 g/mol. The number of carbonyl (C=O) groups is 1. The van der Waals surface area contributed by atoms with Crippen LogP contribution in [0.25, 0.3) is 0 Å². The van der Waals surface area contributed by atoms with Crippen molar-refractivity contribution in [2.45, 2.75) is 0 Å². The van der Waals surface area contributed by atoms with Crippen molar-refractivity contribution in [3.05, 3.63) is 24.0 Å². The minimum atomic E-state index is -0.464. The number of aromatic nitrogens is 1. The van der Waals surface area contributed by atoms with Gasteiger partial charge in [-0.1, -0.05) is 0 Å². The van der Waals surface area contributed by atoms with Crippen LogP contribution in [-0.2, 0) is 0 Å². The van der Waals surface area contributed by atoms with Crippen molar-refractivity contribution >= 4 is 29.6 Å². The fourth-order valence-electron chi connectivity index (χ4n) is 0.883. The summed E-state index contributed by atoms with van der Waals surface area (Å²) in [6.45, 7) is 0. The van der Waals surface area contributed by atoms with E-state index in [0.717, 1.165) is 0 Å². The van der Waals surface area contributed by atoms with Gasteiger partial charge in [0.2, 0.25) is 0 Å². The van der Waals surface area contributed by atoms with Gasteiger partial charge in [0.1, 0.15) is 0 Å². The quantitative estimate of drug-likeness (QED) is 0.465. The van der Waals surface area contributed by atoms with E-state index in [1.807, 2.05) is 0 Å². The van der Waals surface area contributed by atoms with Crippen molar-refractivity contribution in [1.29, 1.82) is 0 Å². The van der Waals surface area contributed by atoms with Crippen LogP contribution in [0.2, 0.25) is 0 Å². The summed E-state index contributed by atoms with van der Waals surface area (Å²) in [7, 11) is 3.19. The van der Waals surface area contributed by atoms with Crippen molar-refractivity contribution in [1.82, 2.24) is 15.3 Å². The van der Waals surface area contributed by atoms with Gasteiger partial charge >= 0.3 is 6.09 Å². The van der Waals surface area contributed by atoms with E-state index in [9.17, 15) is 4.79 Å². The number of hydrazone groups is 1. The number of hydrogen-bond donors (Lipinski definition) is 2. The van der Waals surface area contributed by atoms with Crippen LogP contribution in [0.15, 0.2) is 23.4 Å². The number of nitrogens with two attached hydrogens (primary N) is 1. The third kappa shape index (κ3) is 4.74. The number of thiocarbonyl (C=S) groups is 1. The van der Waals surface area contributed by atoms with E-state index in [1.165, 1.54) is 17.3 Å². The maximum atomic E-state index is 11.3. The Hall–Kier alpha value is -2.22. The van der Waals surface area contributed by atoms with Crippen molar-refractivity contribution in [3.8, 4) is 5.75 Å². The van der Waals surface area contributed by atoms with Gasteiger partial charge in [-0.15, -0.1) is 0 Å². The number of hydrogen-bond acceptors (Lipinski definition) is 5. The van der Waals surface area contributed by atoms with Crippen LogP contribution < -0.4 is 15.9 Å². The molecule has 1 aromatic rings. The Kier molecular flexibility index (Phi) is 5.00. The van der Waals surface area contributed by atoms with Gasteiger partial charge in [0, 0.05) is 14.1 Å². The maximum absolute atomic E-state index is 11.3. The van der Waals surface area contributed by atoms with Crippen LogP contribution in [0.3, 0.4) is 0 Å². The molecular formula is C10H13N5O2S. The molecule has 8 heteroatoms. The number of pyridine rings is 1. The highest BCUT2D eigenvalue weighted by atomic mass is 32.1. The number of carbonyl (C=O) groups excluding carboxylic acids is 1. The molecule has 0 aromatic carbocycles. The zero-order chi connectivity index (χ0) is 13.5. The normalized spacial score (nSPS) is 10.1. The Balaban J connectivity index is 2.60. The molecule has 0 aliphatic carbocycles. The minimum absolute atomic E-state index is 0.0720. The Labute approximate surface area is 110 Å². The molecule has 96 valence electrons. The Morgan fingerprint density at radius 2 is 2.33 bits per heavy atom. The fourth-order valence-corrected chi connectivity index (χ4v) is 0.935. The first-order chi connectivity index (χ1) is 8.49. The molecule has 0 saturated carbocycles. The average Bonchev–Trinajstić information content (AvgIpc) is 2.30. The van der Waals surface area contributed by atoms with Gasteiger partial charge < -0.3 is 15.4 Å². The molecule has 0 fully saturated rings. The lowest BCUT2D eigenvalue weighted by atomic mass is 10.3. The topological polar surface area (TPSA) is 92.8 Å². The van der Waals surface area contributed by atoms with E-state index in [2.05, 4.69) is 27.7 Å². The van der Waals surface area contributed by atoms with E-state index in [-0.39, 0.29) is 5.11 Å². The fraction of sp³-hybridized carbons (Fsp3) is 0.200. The van der Waals surface area contributed by atoms with Gasteiger partial charge in [0.15, 0.2) is 10.9 Å². The van der Waals surface area contributed by atoms with Gasteiger partial charge in [-0.2, -0.15) is 5.10 Å². The van der Waals surface area contributed by atoms with Gasteiger partial charge in [-0.3, -0.25) is 10.4 Å². The first-order valence-corrected chi connectivity index (χ1v) is 5.33. The molecule has 0 unspecified atom stereocenters. The summed E-state index contributed by atoms with van der Waals surface area (Å²) >= 11 is 4.57. The summed E-state index contributed by atoms with van der Waals surface area (Å²) in [6, 6.07) is 3.25. The number of amides is 1. The van der Waals surface area contributed by atoms with E-state index in [4.69, 9.17) is 10.5 Å². The summed E-state index contributed by atoms with van der Waals surface area (Å²) in [4.78, 5) is 16.6. The van der Waals surface area contributed by atoms with Crippen molar-refractivity contribution < 1.29 is 9.53 Å². The second-order valence-corrected chi connectivity index (χ2v) is 3.86. The summed E-state index contributed by atoms with van der Waals surface area (Å²) in [5.41, 5.74) is 8.16. The average molecular weight is 267 g/mol. The zero-order valence-electron chi connectivity index (χ0n) is 9.95. The number of nitrogens with zero attached hydrogens (tertiary/aromatic N) is 3. The maximum Gasteiger partial charge on any atom is 0.414 e. The standard InChI is InChI=1S/C10H13N5O2S/c1-15(2)10(16)17-8-4-3-7(12-6-8)5-13-14-9(11)18/h3-6H,1-2H3,(H3,11,14,18)/b13-5+. The summed E-state index contributed by atoms with van der Waals surface area (Å²) in [5.74, 6) is 0.355. The van der Waals surface area contributed by atoms with Crippen LogP contribution >= 0.6 is 12.2 Å². The highest BCUT2D eigenvalue weighted by Gasteiger charge is 2.06. The van der Waals surface area contributed by atoms with Crippen LogP contribution in [-0.4, -0.2) is 41.4 Å². The molecule has 1 heterocycles. The Morgan fingerprint density at radius 1 is 1.61 bits per heavy atom. The molecule has 0 atom stereocenters. The predicted molar refractivity (Wildman–Crippen MR) is 71.5 cm³/mol. The molecule has 0 bridgehead atoms. The molecule has 0 aliphatic rings. The van der Waals surface area contributed by atoms with E-state index in [1.54, 1.807) is 26.2 Å². The minimum Gasteiger partial charge on any atom is -0.409 e. The van der Waals surface area contributed by atoms with Crippen molar-refractivity contribution in [3.63, 3.8) is 0 Å². The van der Waals surface area contributed by atoms with Crippen molar-refractivity contribution in [2.75, 3.05) is 14.1 Å². The third-order valence-corrected chi connectivity index (χ3v) is 1.79. The molecular weight excluding hydrogens is 254 g/mol. The van der Waals surface area contributed by atoms with E-state index >= 15 is 0 Å². The lowest BCUT2D eigenvalue weighted by Crippen LogP contribution is -2.25. The number of rotatable bonds is 3. The first kappa shape index (κ1) is 13.8. The highest BCUT2D eigenvalue weighted by Crippen LogP contribution is 2.09. The second-order valence-electron chi connectivity index (χ2n) is 3.42. The van der Waals surface area contributed by atoms with Crippen LogP contribution in [0.4, 0.5) is 4.79 Å². The van der Waals surface area contributed by atoms with Crippen LogP contribution in [0, 0.1) is 0 Å². The van der Waals surface area contributed by atoms with Gasteiger partial charge in [0.05, 0.1) is 18.1 Å². The molecule has 3 N–H and O–H groups in total. The van der Waals surface area contributed by atoms with Gasteiger partial charge in [-0.05, 0) is 24.4 Å². The van der Waals surface area contributed by atoms with E-state index in [0.29, 0.717) is 11.4 Å². The summed E-state index contributed by atoms with van der Waals surface area (Å²) in [5, 5.41) is 3.81. The molecule has 1 rings (SSSR count). The molecule has 1 amide bonds. The smallest absolute Gasteiger partial charge is 0.409 e. The molecule has 0 radical (unpaired) electrons. The molecule has 0 spiro atoms. The zero-order valence-corrected chi connectivity index (χ0v) is 10.8. The lowest BCUT2D eigenvalue weighted by Gasteiger charge is -2.09. The summed E-state index contributed by atoms with van der Waals surface area (Å²) in [6.07, 6.45) is 2.40. The number of nitrogens with one attached hydrogen (secondary N) is 1. The van der Waals surface area contributed by atoms with Crippen LogP contribution in [0.5, 0.6) is 5.75 Å². The molecule has 0 aliphatic heterocycles. The SMILES string of the molecule is CN(C)C(=O)Oc1ccc(/C=N/NC(N)=S)nc1. The van der Waals surface area contributed by atoms with E-state index < -0.39 is 6.09 Å². The second kappa shape index (κ2) is 6.50.